The van der Waals surface area contributed by atoms with Crippen molar-refractivity contribution in [3.05, 3.63) is 65.0 Å². The van der Waals surface area contributed by atoms with Crippen LogP contribution in [0.1, 0.15) is 36.1 Å². The second kappa shape index (κ2) is 6.21. The fourth-order valence-electron chi connectivity index (χ4n) is 2.15. The molecular weight excluding hydrogens is 251 g/mol. The fourth-order valence-corrected chi connectivity index (χ4v) is 2.15. The summed E-state index contributed by atoms with van der Waals surface area (Å²) < 4.78 is 13.0. The van der Waals surface area contributed by atoms with E-state index in [-0.39, 0.29) is 11.9 Å². The molecule has 1 atom stereocenters. The number of hydrogen-bond donors (Lipinski definition) is 1. The average Bonchev–Trinajstić information content (AvgIpc) is 2.47. The van der Waals surface area contributed by atoms with Crippen LogP contribution in [0.2, 0.25) is 0 Å². The summed E-state index contributed by atoms with van der Waals surface area (Å²) >= 11 is 0. The van der Waals surface area contributed by atoms with Crippen molar-refractivity contribution in [2.45, 2.75) is 26.3 Å². The minimum atomic E-state index is -0.230. The summed E-state index contributed by atoms with van der Waals surface area (Å²) in [5.41, 5.74) is 3.70. The van der Waals surface area contributed by atoms with Gasteiger partial charge < -0.3 is 5.32 Å². The van der Waals surface area contributed by atoms with Crippen LogP contribution >= 0.6 is 0 Å². The molecule has 0 spiro atoms. The second-order valence-corrected chi connectivity index (χ2v) is 4.80. The monoisotopic (exact) mass is 268 g/mol. The van der Waals surface area contributed by atoms with E-state index < -0.39 is 0 Å². The van der Waals surface area contributed by atoms with Gasteiger partial charge in [-0.25, -0.2) is 4.39 Å². The SMILES string of the molecule is CCC(Nc1cc(C#N)ccc1C)c1ccc(F)cc1. The molecule has 0 amide bonds. The van der Waals surface area contributed by atoms with E-state index in [4.69, 9.17) is 5.26 Å². The minimum absolute atomic E-state index is 0.100. The third-order valence-electron chi connectivity index (χ3n) is 3.38. The topological polar surface area (TPSA) is 35.8 Å². The number of benzene rings is 2. The van der Waals surface area contributed by atoms with Gasteiger partial charge in [-0.15, -0.1) is 0 Å². The predicted octanol–water partition coefficient (Wildman–Crippen LogP) is 4.57. The third kappa shape index (κ3) is 3.16. The quantitative estimate of drug-likeness (QED) is 0.881. The Labute approximate surface area is 118 Å². The highest BCUT2D eigenvalue weighted by Crippen LogP contribution is 2.25. The van der Waals surface area contributed by atoms with Crippen LogP contribution in [0.4, 0.5) is 10.1 Å². The molecule has 102 valence electrons. The lowest BCUT2D eigenvalue weighted by atomic mass is 10.0. The molecule has 2 nitrogen and oxygen atoms in total. The first kappa shape index (κ1) is 14.1. The van der Waals surface area contributed by atoms with Gasteiger partial charge in [0.15, 0.2) is 0 Å². The van der Waals surface area contributed by atoms with E-state index in [1.165, 1.54) is 12.1 Å². The van der Waals surface area contributed by atoms with Crippen molar-refractivity contribution >= 4 is 5.69 Å². The summed E-state index contributed by atoms with van der Waals surface area (Å²) in [5.74, 6) is -0.230. The first-order valence-electron chi connectivity index (χ1n) is 6.66. The molecule has 0 aliphatic heterocycles. The van der Waals surface area contributed by atoms with Crippen LogP contribution in [-0.2, 0) is 0 Å². The Morgan fingerprint density at radius 2 is 1.90 bits per heavy atom. The van der Waals surface area contributed by atoms with Gasteiger partial charge in [0.2, 0.25) is 0 Å². The Hall–Kier alpha value is -2.34. The number of nitriles is 1. The van der Waals surface area contributed by atoms with Crippen LogP contribution in [0.25, 0.3) is 0 Å². The molecule has 3 heteroatoms. The van der Waals surface area contributed by atoms with Crippen molar-refractivity contribution < 1.29 is 4.39 Å². The van der Waals surface area contributed by atoms with E-state index in [0.717, 1.165) is 23.2 Å². The van der Waals surface area contributed by atoms with Gasteiger partial charge in [-0.05, 0) is 48.7 Å². The van der Waals surface area contributed by atoms with Crippen molar-refractivity contribution in [3.63, 3.8) is 0 Å². The van der Waals surface area contributed by atoms with Crippen molar-refractivity contribution in [1.82, 2.24) is 0 Å². The molecule has 0 radical (unpaired) electrons. The number of anilines is 1. The Kier molecular flexibility index (Phi) is 4.37. The van der Waals surface area contributed by atoms with Gasteiger partial charge in [0, 0.05) is 5.69 Å². The molecule has 1 N–H and O–H groups in total. The van der Waals surface area contributed by atoms with Gasteiger partial charge in [0.25, 0.3) is 0 Å². The largest absolute Gasteiger partial charge is 0.378 e. The normalized spacial score (nSPS) is 11.7. The highest BCUT2D eigenvalue weighted by molar-refractivity contribution is 5.56. The maximum Gasteiger partial charge on any atom is 0.123 e. The van der Waals surface area contributed by atoms with Crippen LogP contribution in [0.3, 0.4) is 0 Å². The molecule has 0 fully saturated rings. The van der Waals surface area contributed by atoms with E-state index in [0.29, 0.717) is 5.56 Å². The zero-order valence-corrected chi connectivity index (χ0v) is 11.7. The summed E-state index contributed by atoms with van der Waals surface area (Å²) in [6.07, 6.45) is 0.877. The average molecular weight is 268 g/mol. The molecule has 0 aliphatic carbocycles. The van der Waals surface area contributed by atoms with E-state index in [9.17, 15) is 4.39 Å². The van der Waals surface area contributed by atoms with Crippen molar-refractivity contribution in [2.75, 3.05) is 5.32 Å². The van der Waals surface area contributed by atoms with Gasteiger partial charge in [0.05, 0.1) is 17.7 Å². The van der Waals surface area contributed by atoms with E-state index in [2.05, 4.69) is 18.3 Å². The molecule has 1 unspecified atom stereocenters. The first-order valence-corrected chi connectivity index (χ1v) is 6.66. The summed E-state index contributed by atoms with van der Waals surface area (Å²) in [6, 6.07) is 14.4. The molecule has 0 saturated carbocycles. The van der Waals surface area contributed by atoms with Crippen LogP contribution in [0.5, 0.6) is 0 Å². The standard InChI is InChI=1S/C17H17FN2/c1-3-16(14-6-8-15(18)9-7-14)20-17-10-13(11-19)5-4-12(17)2/h4-10,16,20H,3H2,1-2H3. The molecule has 2 aromatic carbocycles. The number of nitrogens with zero attached hydrogens (tertiary/aromatic N) is 1. The maximum absolute atomic E-state index is 13.0. The molecule has 0 bridgehead atoms. The molecule has 0 saturated heterocycles. The summed E-state index contributed by atoms with van der Waals surface area (Å²) in [6.45, 7) is 4.07. The number of nitrogens with one attached hydrogen (secondary N) is 1. The van der Waals surface area contributed by atoms with Crippen LogP contribution < -0.4 is 5.32 Å². The predicted molar refractivity (Wildman–Crippen MR) is 78.9 cm³/mol. The first-order chi connectivity index (χ1) is 9.63. The van der Waals surface area contributed by atoms with Crippen LogP contribution in [0.15, 0.2) is 42.5 Å². The number of aryl methyl sites for hydroxylation is 1. The third-order valence-corrected chi connectivity index (χ3v) is 3.38. The molecule has 20 heavy (non-hydrogen) atoms. The van der Waals surface area contributed by atoms with Crippen LogP contribution in [0, 0.1) is 24.1 Å². The van der Waals surface area contributed by atoms with Gasteiger partial charge in [0.1, 0.15) is 5.82 Å². The number of hydrogen-bond acceptors (Lipinski definition) is 2. The van der Waals surface area contributed by atoms with E-state index in [1.54, 1.807) is 18.2 Å². The summed E-state index contributed by atoms with van der Waals surface area (Å²) in [7, 11) is 0. The Balaban J connectivity index is 2.26. The number of halogens is 1. The molecule has 2 aromatic rings. The summed E-state index contributed by atoms with van der Waals surface area (Å²) in [4.78, 5) is 0. The van der Waals surface area contributed by atoms with Gasteiger partial charge >= 0.3 is 0 Å². The molecule has 0 aliphatic rings. The van der Waals surface area contributed by atoms with Gasteiger partial charge in [-0.3, -0.25) is 0 Å². The van der Waals surface area contributed by atoms with Crippen molar-refractivity contribution in [1.29, 1.82) is 5.26 Å². The highest BCUT2D eigenvalue weighted by Gasteiger charge is 2.11. The number of rotatable bonds is 4. The smallest absolute Gasteiger partial charge is 0.123 e. The highest BCUT2D eigenvalue weighted by atomic mass is 19.1. The van der Waals surface area contributed by atoms with Crippen molar-refractivity contribution in [2.24, 2.45) is 0 Å². The molecule has 2 rings (SSSR count). The summed E-state index contributed by atoms with van der Waals surface area (Å²) in [5, 5.41) is 12.4. The van der Waals surface area contributed by atoms with Crippen LogP contribution in [-0.4, -0.2) is 0 Å². The maximum atomic E-state index is 13.0. The minimum Gasteiger partial charge on any atom is -0.378 e. The van der Waals surface area contributed by atoms with Gasteiger partial charge in [-0.2, -0.15) is 5.26 Å². The Bertz CT molecular complexity index is 626. The van der Waals surface area contributed by atoms with Gasteiger partial charge in [-0.1, -0.05) is 25.1 Å². The van der Waals surface area contributed by atoms with E-state index >= 15 is 0 Å². The zero-order chi connectivity index (χ0) is 14.5. The molecule has 0 aromatic heterocycles. The lowest BCUT2D eigenvalue weighted by Gasteiger charge is -2.20. The van der Waals surface area contributed by atoms with Crippen molar-refractivity contribution in [3.8, 4) is 6.07 Å². The Morgan fingerprint density at radius 3 is 2.50 bits per heavy atom. The zero-order valence-electron chi connectivity index (χ0n) is 11.7. The lowest BCUT2D eigenvalue weighted by molar-refractivity contribution is 0.625. The molecular formula is C17H17FN2. The lowest BCUT2D eigenvalue weighted by Crippen LogP contribution is -2.10. The second-order valence-electron chi connectivity index (χ2n) is 4.80. The molecule has 0 heterocycles. The van der Waals surface area contributed by atoms with E-state index in [1.807, 2.05) is 19.1 Å². The fraction of sp³-hybridized carbons (Fsp3) is 0.235. The Morgan fingerprint density at radius 1 is 1.20 bits per heavy atom.